The Morgan fingerprint density at radius 3 is 2.86 bits per heavy atom. The molecule has 0 radical (unpaired) electrons. The first-order chi connectivity index (χ1) is 6.70. The van der Waals surface area contributed by atoms with Crippen LogP contribution in [0.15, 0.2) is 23.8 Å². The van der Waals surface area contributed by atoms with Crippen LogP contribution >= 0.6 is 11.3 Å². The largest absolute Gasteiger partial charge is 0.380 e. The number of aryl methyl sites for hydroxylation is 2. The van der Waals surface area contributed by atoms with E-state index in [-0.39, 0.29) is 0 Å². The Labute approximate surface area is 86.7 Å². The fourth-order valence-electron chi connectivity index (χ4n) is 1.42. The fraction of sp³-hybridized carbons (Fsp3) is 0.300. The lowest BCUT2D eigenvalue weighted by Gasteiger charge is -2.09. The van der Waals surface area contributed by atoms with E-state index in [1.54, 1.807) is 17.5 Å². The van der Waals surface area contributed by atoms with E-state index in [0.717, 1.165) is 10.4 Å². The van der Waals surface area contributed by atoms with Crippen LogP contribution < -0.4 is 0 Å². The highest BCUT2D eigenvalue weighted by atomic mass is 32.1. The molecule has 2 aromatic rings. The van der Waals surface area contributed by atoms with Crippen molar-refractivity contribution in [1.29, 1.82) is 0 Å². The molecular weight excluding hydrogens is 196 g/mol. The van der Waals surface area contributed by atoms with Gasteiger partial charge in [-0.05, 0) is 23.9 Å². The lowest BCUT2D eigenvalue weighted by molar-refractivity contribution is 0.209. The van der Waals surface area contributed by atoms with Crippen LogP contribution in [0, 0.1) is 6.92 Å². The van der Waals surface area contributed by atoms with E-state index < -0.39 is 6.10 Å². The molecule has 0 spiro atoms. The predicted molar refractivity (Wildman–Crippen MR) is 56.3 cm³/mol. The standard InChI is InChI=1S/C10H12N2OS/c1-7-3-6-14-9(7)8(13)10-11-4-5-12(10)2/h3-6,8,13H,1-2H3. The summed E-state index contributed by atoms with van der Waals surface area (Å²) in [6.07, 6.45) is 2.93. The smallest absolute Gasteiger partial charge is 0.146 e. The van der Waals surface area contributed by atoms with Crippen LogP contribution in [0.3, 0.4) is 0 Å². The molecule has 74 valence electrons. The highest BCUT2D eigenvalue weighted by Gasteiger charge is 2.17. The van der Waals surface area contributed by atoms with E-state index in [4.69, 9.17) is 0 Å². The normalized spacial score (nSPS) is 13.1. The molecule has 4 heteroatoms. The van der Waals surface area contributed by atoms with Crippen LogP contribution in [0.2, 0.25) is 0 Å². The van der Waals surface area contributed by atoms with Gasteiger partial charge in [-0.1, -0.05) is 0 Å². The van der Waals surface area contributed by atoms with Crippen molar-refractivity contribution in [1.82, 2.24) is 9.55 Å². The lowest BCUT2D eigenvalue weighted by atomic mass is 10.2. The van der Waals surface area contributed by atoms with Crippen LogP contribution in [-0.2, 0) is 7.05 Å². The van der Waals surface area contributed by atoms with Gasteiger partial charge < -0.3 is 9.67 Å². The maximum atomic E-state index is 10.1. The van der Waals surface area contributed by atoms with Crippen LogP contribution in [0.25, 0.3) is 0 Å². The summed E-state index contributed by atoms with van der Waals surface area (Å²) in [5, 5.41) is 12.0. The lowest BCUT2D eigenvalue weighted by Crippen LogP contribution is -2.06. The topological polar surface area (TPSA) is 38.1 Å². The highest BCUT2D eigenvalue weighted by molar-refractivity contribution is 7.10. The average molecular weight is 208 g/mol. The second-order valence-corrected chi connectivity index (χ2v) is 4.21. The molecule has 3 nitrogen and oxygen atoms in total. The molecule has 2 aromatic heterocycles. The average Bonchev–Trinajstić information content (AvgIpc) is 2.73. The van der Waals surface area contributed by atoms with Crippen molar-refractivity contribution in [3.63, 3.8) is 0 Å². The zero-order chi connectivity index (χ0) is 10.1. The van der Waals surface area contributed by atoms with Crippen molar-refractivity contribution in [2.45, 2.75) is 13.0 Å². The number of nitrogens with zero attached hydrogens (tertiary/aromatic N) is 2. The maximum absolute atomic E-state index is 10.1. The summed E-state index contributed by atoms with van der Waals surface area (Å²) in [4.78, 5) is 5.10. The number of aliphatic hydroxyl groups excluding tert-OH is 1. The molecule has 0 amide bonds. The SMILES string of the molecule is Cc1ccsc1C(O)c1nccn1C. The minimum atomic E-state index is -0.602. The molecule has 0 bridgehead atoms. The molecule has 14 heavy (non-hydrogen) atoms. The van der Waals surface area contributed by atoms with Gasteiger partial charge in [-0.25, -0.2) is 4.98 Å². The van der Waals surface area contributed by atoms with Gasteiger partial charge >= 0.3 is 0 Å². The number of aromatic nitrogens is 2. The number of hydrogen-bond acceptors (Lipinski definition) is 3. The summed E-state index contributed by atoms with van der Waals surface area (Å²) in [6.45, 7) is 2.00. The molecule has 0 saturated heterocycles. The quantitative estimate of drug-likeness (QED) is 0.818. The number of imidazole rings is 1. The monoisotopic (exact) mass is 208 g/mol. The first-order valence-corrected chi connectivity index (χ1v) is 5.27. The van der Waals surface area contributed by atoms with Gasteiger partial charge in [0.2, 0.25) is 0 Å². The summed E-state index contributed by atoms with van der Waals surface area (Å²) in [7, 11) is 1.88. The summed E-state index contributed by atoms with van der Waals surface area (Å²) >= 11 is 1.56. The van der Waals surface area contributed by atoms with Gasteiger partial charge in [0.05, 0.1) is 0 Å². The number of rotatable bonds is 2. The van der Waals surface area contributed by atoms with E-state index in [2.05, 4.69) is 4.98 Å². The van der Waals surface area contributed by atoms with E-state index in [1.807, 2.05) is 36.2 Å². The number of hydrogen-bond donors (Lipinski definition) is 1. The van der Waals surface area contributed by atoms with E-state index >= 15 is 0 Å². The molecule has 0 aliphatic rings. The third-order valence-corrected chi connectivity index (χ3v) is 3.32. The third kappa shape index (κ3) is 1.47. The van der Waals surface area contributed by atoms with Gasteiger partial charge in [-0.2, -0.15) is 0 Å². The van der Waals surface area contributed by atoms with Gasteiger partial charge in [-0.15, -0.1) is 11.3 Å². The molecule has 2 rings (SSSR count). The number of thiophene rings is 1. The van der Waals surface area contributed by atoms with Crippen LogP contribution in [0.5, 0.6) is 0 Å². The Morgan fingerprint density at radius 1 is 1.57 bits per heavy atom. The Morgan fingerprint density at radius 2 is 2.36 bits per heavy atom. The van der Waals surface area contributed by atoms with Crippen molar-refractivity contribution in [2.24, 2.45) is 7.05 Å². The van der Waals surface area contributed by atoms with Crippen LogP contribution in [0.1, 0.15) is 22.4 Å². The van der Waals surface area contributed by atoms with Crippen molar-refractivity contribution < 1.29 is 5.11 Å². The molecule has 0 aromatic carbocycles. The Hall–Kier alpha value is -1.13. The molecule has 0 aliphatic heterocycles. The molecule has 0 aliphatic carbocycles. The predicted octanol–water partition coefficient (Wildman–Crippen LogP) is 1.87. The third-order valence-electron chi connectivity index (χ3n) is 2.25. The summed E-state index contributed by atoms with van der Waals surface area (Å²) in [5.74, 6) is 0.690. The van der Waals surface area contributed by atoms with Gasteiger partial charge in [0.1, 0.15) is 11.9 Å². The zero-order valence-electron chi connectivity index (χ0n) is 8.14. The van der Waals surface area contributed by atoms with Gasteiger partial charge in [-0.3, -0.25) is 0 Å². The molecular formula is C10H12N2OS. The fourth-order valence-corrected chi connectivity index (χ4v) is 2.33. The van der Waals surface area contributed by atoms with Crippen molar-refractivity contribution in [3.05, 3.63) is 40.1 Å². The molecule has 0 saturated carbocycles. The first-order valence-electron chi connectivity index (χ1n) is 4.39. The van der Waals surface area contributed by atoms with E-state index in [9.17, 15) is 5.11 Å². The minimum Gasteiger partial charge on any atom is -0.380 e. The Balaban J connectivity index is 2.38. The second-order valence-electron chi connectivity index (χ2n) is 3.27. The van der Waals surface area contributed by atoms with Gasteiger partial charge in [0.15, 0.2) is 0 Å². The van der Waals surface area contributed by atoms with E-state index in [0.29, 0.717) is 5.82 Å². The summed E-state index contributed by atoms with van der Waals surface area (Å²) in [6, 6.07) is 2.01. The van der Waals surface area contributed by atoms with Crippen LogP contribution in [-0.4, -0.2) is 14.7 Å². The second kappa shape index (κ2) is 3.55. The van der Waals surface area contributed by atoms with Crippen molar-refractivity contribution in [3.8, 4) is 0 Å². The van der Waals surface area contributed by atoms with Crippen molar-refractivity contribution >= 4 is 11.3 Å². The Bertz CT molecular complexity index is 393. The maximum Gasteiger partial charge on any atom is 0.146 e. The highest BCUT2D eigenvalue weighted by Crippen LogP contribution is 2.27. The molecule has 2 heterocycles. The van der Waals surface area contributed by atoms with Gasteiger partial charge in [0.25, 0.3) is 0 Å². The minimum absolute atomic E-state index is 0.602. The van der Waals surface area contributed by atoms with E-state index in [1.165, 1.54) is 0 Å². The Kier molecular flexibility index (Phi) is 2.39. The molecule has 1 N–H and O–H groups in total. The molecule has 1 atom stereocenters. The zero-order valence-corrected chi connectivity index (χ0v) is 8.95. The molecule has 0 fully saturated rings. The number of aliphatic hydroxyl groups is 1. The van der Waals surface area contributed by atoms with Gasteiger partial charge in [0, 0.05) is 24.3 Å². The first kappa shape index (κ1) is 9.43. The molecule has 1 unspecified atom stereocenters. The van der Waals surface area contributed by atoms with Crippen molar-refractivity contribution in [2.75, 3.05) is 0 Å². The van der Waals surface area contributed by atoms with Crippen LogP contribution in [0.4, 0.5) is 0 Å². The summed E-state index contributed by atoms with van der Waals surface area (Å²) in [5.41, 5.74) is 1.12. The summed E-state index contributed by atoms with van der Waals surface area (Å²) < 4.78 is 1.84.